The molecule has 9 nitrogen and oxygen atoms in total. The molecule has 5 rings (SSSR count). The minimum Gasteiger partial charge on any atom is -0.507 e. The number of Topliss-reactive ketones (excluding diaryl/α,β-unsaturated/α-hetero) is 1. The maximum atomic E-state index is 13.2. The van der Waals surface area contributed by atoms with Crippen LogP contribution in [0.5, 0.6) is 11.5 Å². The van der Waals surface area contributed by atoms with Crippen molar-refractivity contribution in [3.8, 4) is 11.5 Å². The first kappa shape index (κ1) is 21.2. The number of benzene rings is 3. The maximum absolute atomic E-state index is 13.2. The van der Waals surface area contributed by atoms with Gasteiger partial charge in [-0.15, -0.1) is 0 Å². The second-order valence-corrected chi connectivity index (χ2v) is 7.93. The summed E-state index contributed by atoms with van der Waals surface area (Å²) in [5.74, 6) is -1.27. The Morgan fingerprint density at radius 3 is 2.56 bits per heavy atom. The molecule has 0 spiro atoms. The number of aliphatic hydroxyl groups excluding tert-OH is 1. The Bertz CT molecular complexity index is 1400. The number of aliphatic hydroxyl groups is 1. The molecule has 0 bridgehead atoms. The van der Waals surface area contributed by atoms with Gasteiger partial charge >= 0.3 is 0 Å². The van der Waals surface area contributed by atoms with Crippen molar-refractivity contribution in [3.63, 3.8) is 0 Å². The lowest BCUT2D eigenvalue weighted by Gasteiger charge is -2.26. The number of nitrogens with zero attached hydrogens (tertiary/aromatic N) is 2. The molecule has 1 N–H and O–H groups in total. The molecule has 9 heteroatoms. The SMILES string of the molecule is Cc1cccc(C2/C(=C(\O)c3cccc([N+](=O)[O-])c3)C(=O)C(=O)N2c2ccc3c(c2)OCO3)c1. The van der Waals surface area contributed by atoms with Gasteiger partial charge in [-0.25, -0.2) is 0 Å². The molecule has 1 saturated heterocycles. The lowest BCUT2D eigenvalue weighted by atomic mass is 9.94. The van der Waals surface area contributed by atoms with E-state index in [-0.39, 0.29) is 23.6 Å². The lowest BCUT2D eigenvalue weighted by molar-refractivity contribution is -0.384. The summed E-state index contributed by atoms with van der Waals surface area (Å²) in [7, 11) is 0. The first-order valence-electron chi connectivity index (χ1n) is 10.4. The minimum absolute atomic E-state index is 0.0473. The Morgan fingerprint density at radius 1 is 1.03 bits per heavy atom. The van der Waals surface area contributed by atoms with Crippen molar-refractivity contribution >= 4 is 28.8 Å². The monoisotopic (exact) mass is 458 g/mol. The summed E-state index contributed by atoms with van der Waals surface area (Å²) in [5, 5.41) is 22.4. The molecule has 0 aliphatic carbocycles. The molecule has 2 aliphatic rings. The van der Waals surface area contributed by atoms with Gasteiger partial charge in [0.25, 0.3) is 17.4 Å². The quantitative estimate of drug-likeness (QED) is 0.204. The second-order valence-electron chi connectivity index (χ2n) is 7.93. The average molecular weight is 458 g/mol. The normalized spacial score (nSPS) is 18.4. The Labute approximate surface area is 193 Å². The van der Waals surface area contributed by atoms with Crippen LogP contribution in [0, 0.1) is 17.0 Å². The average Bonchev–Trinajstić information content (AvgIpc) is 3.40. The molecule has 0 saturated carbocycles. The van der Waals surface area contributed by atoms with Crippen molar-refractivity contribution < 1.29 is 29.1 Å². The van der Waals surface area contributed by atoms with Gasteiger partial charge in [0.2, 0.25) is 6.79 Å². The molecule has 34 heavy (non-hydrogen) atoms. The number of ether oxygens (including phenoxy) is 2. The number of rotatable bonds is 4. The summed E-state index contributed by atoms with van der Waals surface area (Å²) in [6.07, 6.45) is 0. The fourth-order valence-corrected chi connectivity index (χ4v) is 4.21. The zero-order chi connectivity index (χ0) is 24.0. The minimum atomic E-state index is -0.959. The number of hydrogen-bond acceptors (Lipinski definition) is 7. The summed E-state index contributed by atoms with van der Waals surface area (Å²) >= 11 is 0. The fraction of sp³-hybridized carbons (Fsp3) is 0.120. The standard InChI is InChI=1S/C25H18N2O7/c1-14-4-2-5-15(10-14)22-21(23(28)16-6-3-7-18(11-16)27(31)32)24(29)25(30)26(22)17-8-9-19-20(12-17)34-13-33-19/h2-12,22,28H,13H2,1H3/b23-21+. The van der Waals surface area contributed by atoms with E-state index in [0.29, 0.717) is 22.7 Å². The maximum Gasteiger partial charge on any atom is 0.300 e. The summed E-state index contributed by atoms with van der Waals surface area (Å²) in [6.45, 7) is 1.92. The van der Waals surface area contributed by atoms with Crippen LogP contribution in [0.4, 0.5) is 11.4 Å². The van der Waals surface area contributed by atoms with Gasteiger partial charge < -0.3 is 14.6 Å². The number of hydrogen-bond donors (Lipinski definition) is 1. The van der Waals surface area contributed by atoms with E-state index < -0.39 is 28.4 Å². The number of fused-ring (bicyclic) bond motifs is 1. The molecule has 1 atom stereocenters. The highest BCUT2D eigenvalue weighted by Crippen LogP contribution is 2.45. The van der Waals surface area contributed by atoms with Gasteiger partial charge in [0.05, 0.1) is 16.5 Å². The fourth-order valence-electron chi connectivity index (χ4n) is 4.21. The lowest BCUT2D eigenvalue weighted by Crippen LogP contribution is -2.29. The predicted octanol–water partition coefficient (Wildman–Crippen LogP) is 4.26. The first-order chi connectivity index (χ1) is 16.3. The van der Waals surface area contributed by atoms with Crippen LogP contribution in [0.3, 0.4) is 0 Å². The highest BCUT2D eigenvalue weighted by molar-refractivity contribution is 6.51. The van der Waals surface area contributed by atoms with Crippen molar-refractivity contribution in [3.05, 3.63) is 99.1 Å². The van der Waals surface area contributed by atoms with E-state index in [2.05, 4.69) is 0 Å². The van der Waals surface area contributed by atoms with Gasteiger partial charge in [0.1, 0.15) is 5.76 Å². The molecular formula is C25H18N2O7. The van der Waals surface area contributed by atoms with Crippen LogP contribution >= 0.6 is 0 Å². The number of ketones is 1. The van der Waals surface area contributed by atoms with E-state index in [9.17, 15) is 24.8 Å². The zero-order valence-corrected chi connectivity index (χ0v) is 17.9. The summed E-state index contributed by atoms with van der Waals surface area (Å²) in [6, 6.07) is 16.4. The Morgan fingerprint density at radius 2 is 1.79 bits per heavy atom. The van der Waals surface area contributed by atoms with Gasteiger partial charge in [-0.05, 0) is 24.6 Å². The third kappa shape index (κ3) is 3.43. The molecule has 1 amide bonds. The number of nitro benzene ring substituents is 1. The molecule has 2 heterocycles. The summed E-state index contributed by atoms with van der Waals surface area (Å²) in [5.41, 5.74) is 1.54. The van der Waals surface area contributed by atoms with Crippen molar-refractivity contribution in [2.75, 3.05) is 11.7 Å². The number of anilines is 1. The van der Waals surface area contributed by atoms with Crippen LogP contribution in [-0.4, -0.2) is 28.5 Å². The molecule has 0 aromatic heterocycles. The third-order valence-corrected chi connectivity index (χ3v) is 5.77. The molecular weight excluding hydrogens is 440 g/mol. The third-order valence-electron chi connectivity index (χ3n) is 5.77. The van der Waals surface area contributed by atoms with E-state index in [1.165, 1.54) is 23.1 Å². The number of amides is 1. The number of aryl methyl sites for hydroxylation is 1. The number of carbonyl (C=O) groups excluding carboxylic acids is 2. The van der Waals surface area contributed by atoms with Crippen LogP contribution in [0.15, 0.2) is 72.3 Å². The second kappa shape index (κ2) is 8.04. The van der Waals surface area contributed by atoms with Gasteiger partial charge in [-0.2, -0.15) is 0 Å². The number of nitro groups is 1. The van der Waals surface area contributed by atoms with E-state index in [1.807, 2.05) is 19.1 Å². The van der Waals surface area contributed by atoms with Gasteiger partial charge in [0.15, 0.2) is 11.5 Å². The smallest absolute Gasteiger partial charge is 0.300 e. The van der Waals surface area contributed by atoms with Gasteiger partial charge in [0, 0.05) is 29.4 Å². The molecule has 170 valence electrons. The first-order valence-corrected chi connectivity index (χ1v) is 10.4. The topological polar surface area (TPSA) is 119 Å². The van der Waals surface area contributed by atoms with Crippen molar-refractivity contribution in [2.45, 2.75) is 13.0 Å². The Hall–Kier alpha value is -4.66. The molecule has 2 aliphatic heterocycles. The van der Waals surface area contributed by atoms with Gasteiger partial charge in [-0.1, -0.05) is 42.0 Å². The van der Waals surface area contributed by atoms with Crippen molar-refractivity contribution in [2.24, 2.45) is 0 Å². The highest BCUT2D eigenvalue weighted by atomic mass is 16.7. The molecule has 0 radical (unpaired) electrons. The van der Waals surface area contributed by atoms with Crippen LogP contribution in [0.1, 0.15) is 22.7 Å². The van der Waals surface area contributed by atoms with Crippen LogP contribution < -0.4 is 14.4 Å². The van der Waals surface area contributed by atoms with E-state index in [0.717, 1.165) is 11.6 Å². The Balaban J connectivity index is 1.72. The highest BCUT2D eigenvalue weighted by Gasteiger charge is 2.47. The molecule has 1 fully saturated rings. The van der Waals surface area contributed by atoms with E-state index in [4.69, 9.17) is 9.47 Å². The predicted molar refractivity (Wildman–Crippen MR) is 122 cm³/mol. The number of carbonyl (C=O) groups is 2. The largest absolute Gasteiger partial charge is 0.507 e. The van der Waals surface area contributed by atoms with Crippen LogP contribution in [0.25, 0.3) is 5.76 Å². The van der Waals surface area contributed by atoms with E-state index >= 15 is 0 Å². The summed E-state index contributed by atoms with van der Waals surface area (Å²) < 4.78 is 10.8. The molecule has 1 unspecified atom stereocenters. The van der Waals surface area contributed by atoms with E-state index in [1.54, 1.807) is 30.3 Å². The van der Waals surface area contributed by atoms with Crippen molar-refractivity contribution in [1.82, 2.24) is 0 Å². The zero-order valence-electron chi connectivity index (χ0n) is 17.9. The summed E-state index contributed by atoms with van der Waals surface area (Å²) in [4.78, 5) is 38.4. The van der Waals surface area contributed by atoms with Crippen LogP contribution in [-0.2, 0) is 9.59 Å². The van der Waals surface area contributed by atoms with Crippen molar-refractivity contribution in [1.29, 1.82) is 0 Å². The van der Waals surface area contributed by atoms with Gasteiger partial charge in [-0.3, -0.25) is 24.6 Å². The molecule has 3 aromatic carbocycles. The Kier molecular flexibility index (Phi) is 5.01. The van der Waals surface area contributed by atoms with Crippen LogP contribution in [0.2, 0.25) is 0 Å². The number of non-ortho nitro benzene ring substituents is 1. The molecule has 3 aromatic rings.